The van der Waals surface area contributed by atoms with Gasteiger partial charge in [-0.15, -0.1) is 0 Å². The quantitative estimate of drug-likeness (QED) is 0.721. The van der Waals surface area contributed by atoms with E-state index in [-0.39, 0.29) is 12.5 Å². The molecule has 1 aromatic heterocycles. The fraction of sp³-hybridized carbons (Fsp3) is 0.375. The summed E-state index contributed by atoms with van der Waals surface area (Å²) < 4.78 is 30.4. The number of carbonyl (C=O) groups is 1. The van der Waals surface area contributed by atoms with E-state index in [9.17, 15) is 13.2 Å². The molecule has 0 aliphatic carbocycles. The normalized spacial score (nSPS) is 11.4. The summed E-state index contributed by atoms with van der Waals surface area (Å²) in [5.41, 5.74) is 0.931. The van der Waals surface area contributed by atoms with Gasteiger partial charge in [-0.25, -0.2) is 8.42 Å². The number of carbonyl (C=O) groups excluding carboxylic acids is 1. The lowest BCUT2D eigenvalue weighted by Crippen LogP contribution is -2.40. The summed E-state index contributed by atoms with van der Waals surface area (Å²) in [7, 11) is -2.05. The number of nitrogens with one attached hydrogen (secondary N) is 1. The van der Waals surface area contributed by atoms with Gasteiger partial charge in [-0.1, -0.05) is 18.2 Å². The topological polar surface area (TPSA) is 88.6 Å². The second-order valence-corrected chi connectivity index (χ2v) is 7.23. The maximum atomic E-state index is 12.2. The summed E-state index contributed by atoms with van der Waals surface area (Å²) in [5.74, 6) is -0.371. The number of methoxy groups -OCH3 is 1. The zero-order valence-corrected chi connectivity index (χ0v) is 14.5. The standard InChI is InChI=1S/C16H21N3O4S/c1-23-11-5-10-17-15(20)12-19(24(2,21)22)14-8-3-6-13-7-4-9-18-16(13)14/h3-4,6-9H,5,10-12H2,1-2H3,(H,17,20). The Balaban J connectivity index is 2.24. The van der Waals surface area contributed by atoms with Crippen LogP contribution in [0.1, 0.15) is 6.42 Å². The first kappa shape index (κ1) is 18.2. The molecule has 24 heavy (non-hydrogen) atoms. The van der Waals surface area contributed by atoms with Crippen molar-refractivity contribution in [1.82, 2.24) is 10.3 Å². The SMILES string of the molecule is COCCCNC(=O)CN(c1cccc2cccnc12)S(C)(=O)=O. The number of anilines is 1. The molecule has 1 heterocycles. The average molecular weight is 351 g/mol. The van der Waals surface area contributed by atoms with Crippen LogP contribution in [0.25, 0.3) is 10.9 Å². The molecule has 2 aromatic rings. The molecule has 2 rings (SSSR count). The molecule has 0 saturated heterocycles. The third-order valence-corrected chi connectivity index (χ3v) is 4.54. The Labute approximate surface area is 141 Å². The number of para-hydroxylation sites is 1. The molecule has 8 heteroatoms. The van der Waals surface area contributed by atoms with E-state index in [1.165, 1.54) is 0 Å². The number of sulfonamides is 1. The first-order valence-corrected chi connectivity index (χ1v) is 9.35. The predicted molar refractivity (Wildman–Crippen MR) is 93.4 cm³/mol. The molecule has 0 radical (unpaired) electrons. The molecule has 1 aromatic carbocycles. The fourth-order valence-corrected chi connectivity index (χ4v) is 3.16. The van der Waals surface area contributed by atoms with Crippen molar-refractivity contribution in [3.8, 4) is 0 Å². The lowest BCUT2D eigenvalue weighted by atomic mass is 10.2. The molecule has 130 valence electrons. The number of nitrogens with zero attached hydrogens (tertiary/aromatic N) is 2. The van der Waals surface area contributed by atoms with Crippen LogP contribution in [0.15, 0.2) is 36.5 Å². The van der Waals surface area contributed by atoms with Crippen molar-refractivity contribution < 1.29 is 17.9 Å². The number of ether oxygens (including phenoxy) is 1. The van der Waals surface area contributed by atoms with Gasteiger partial charge < -0.3 is 10.1 Å². The highest BCUT2D eigenvalue weighted by molar-refractivity contribution is 7.92. The molecule has 0 saturated carbocycles. The second-order valence-electron chi connectivity index (χ2n) is 5.32. The Morgan fingerprint density at radius 1 is 1.29 bits per heavy atom. The average Bonchev–Trinajstić information content (AvgIpc) is 2.55. The van der Waals surface area contributed by atoms with Crippen LogP contribution in [-0.2, 0) is 19.6 Å². The number of benzene rings is 1. The summed E-state index contributed by atoms with van der Waals surface area (Å²) >= 11 is 0. The number of hydrogen-bond acceptors (Lipinski definition) is 5. The highest BCUT2D eigenvalue weighted by Crippen LogP contribution is 2.26. The molecule has 0 fully saturated rings. The Bertz CT molecular complexity index is 803. The van der Waals surface area contributed by atoms with Crippen LogP contribution in [0.3, 0.4) is 0 Å². The first-order chi connectivity index (χ1) is 11.4. The molecule has 0 bridgehead atoms. The third-order valence-electron chi connectivity index (χ3n) is 3.42. The van der Waals surface area contributed by atoms with E-state index in [0.29, 0.717) is 30.8 Å². The first-order valence-electron chi connectivity index (χ1n) is 7.50. The maximum absolute atomic E-state index is 12.2. The van der Waals surface area contributed by atoms with Gasteiger partial charge in [0.2, 0.25) is 15.9 Å². The Morgan fingerprint density at radius 3 is 2.75 bits per heavy atom. The Hall–Kier alpha value is -2.19. The molecular formula is C16H21N3O4S. The number of aromatic nitrogens is 1. The minimum absolute atomic E-state index is 0.290. The monoisotopic (exact) mass is 351 g/mol. The van der Waals surface area contributed by atoms with E-state index in [1.807, 2.05) is 12.1 Å². The highest BCUT2D eigenvalue weighted by atomic mass is 32.2. The number of fused-ring (bicyclic) bond motifs is 1. The number of amides is 1. The van der Waals surface area contributed by atoms with Crippen LogP contribution in [0.5, 0.6) is 0 Å². The van der Waals surface area contributed by atoms with Crippen molar-refractivity contribution in [3.05, 3.63) is 36.5 Å². The van der Waals surface area contributed by atoms with Crippen LogP contribution in [0.2, 0.25) is 0 Å². The van der Waals surface area contributed by atoms with Crippen LogP contribution in [0.4, 0.5) is 5.69 Å². The van der Waals surface area contributed by atoms with Crippen molar-refractivity contribution in [3.63, 3.8) is 0 Å². The van der Waals surface area contributed by atoms with Gasteiger partial charge in [0.25, 0.3) is 0 Å². The molecular weight excluding hydrogens is 330 g/mol. The van der Waals surface area contributed by atoms with Gasteiger partial charge in [-0.05, 0) is 18.6 Å². The maximum Gasteiger partial charge on any atom is 0.240 e. The number of rotatable bonds is 8. The Morgan fingerprint density at radius 2 is 2.04 bits per heavy atom. The zero-order chi connectivity index (χ0) is 17.6. The predicted octanol–water partition coefficient (Wildman–Crippen LogP) is 1.15. The third kappa shape index (κ3) is 4.65. The molecule has 0 aliphatic rings. The van der Waals surface area contributed by atoms with E-state index in [1.54, 1.807) is 31.5 Å². The zero-order valence-electron chi connectivity index (χ0n) is 13.7. The summed E-state index contributed by atoms with van der Waals surface area (Å²) in [4.78, 5) is 16.3. The van der Waals surface area contributed by atoms with Crippen LogP contribution in [-0.4, -0.2) is 52.4 Å². The van der Waals surface area contributed by atoms with Crippen LogP contribution >= 0.6 is 0 Å². The van der Waals surface area contributed by atoms with Gasteiger partial charge in [0.1, 0.15) is 6.54 Å². The molecule has 0 spiro atoms. The van der Waals surface area contributed by atoms with Crippen molar-refractivity contribution in [2.75, 3.05) is 37.4 Å². The van der Waals surface area contributed by atoms with E-state index in [0.717, 1.165) is 15.9 Å². The van der Waals surface area contributed by atoms with Crippen molar-refractivity contribution >= 4 is 32.5 Å². The fourth-order valence-electron chi connectivity index (χ4n) is 2.30. The minimum atomic E-state index is -3.63. The summed E-state index contributed by atoms with van der Waals surface area (Å²) in [5, 5.41) is 3.50. The summed E-state index contributed by atoms with van der Waals surface area (Å²) in [6.45, 7) is 0.670. The molecule has 0 atom stereocenters. The second kappa shape index (κ2) is 8.07. The van der Waals surface area contributed by atoms with Crippen molar-refractivity contribution in [1.29, 1.82) is 0 Å². The number of pyridine rings is 1. The van der Waals surface area contributed by atoms with Gasteiger partial charge in [-0.2, -0.15) is 0 Å². The van der Waals surface area contributed by atoms with Gasteiger partial charge in [0.05, 0.1) is 17.5 Å². The van der Waals surface area contributed by atoms with Crippen molar-refractivity contribution in [2.24, 2.45) is 0 Å². The van der Waals surface area contributed by atoms with E-state index in [2.05, 4.69) is 10.3 Å². The van der Waals surface area contributed by atoms with Gasteiger partial charge in [0, 0.05) is 31.8 Å². The smallest absolute Gasteiger partial charge is 0.240 e. The molecule has 1 N–H and O–H groups in total. The summed E-state index contributed by atoms with van der Waals surface area (Å²) in [6, 6.07) is 8.86. The lowest BCUT2D eigenvalue weighted by Gasteiger charge is -2.22. The van der Waals surface area contributed by atoms with Crippen LogP contribution < -0.4 is 9.62 Å². The van der Waals surface area contributed by atoms with E-state index in [4.69, 9.17) is 4.74 Å². The van der Waals surface area contributed by atoms with E-state index < -0.39 is 10.0 Å². The summed E-state index contributed by atoms with van der Waals surface area (Å²) in [6.07, 6.45) is 3.33. The lowest BCUT2D eigenvalue weighted by molar-refractivity contribution is -0.119. The van der Waals surface area contributed by atoms with Gasteiger partial charge in [-0.3, -0.25) is 14.1 Å². The van der Waals surface area contributed by atoms with Crippen molar-refractivity contribution in [2.45, 2.75) is 6.42 Å². The highest BCUT2D eigenvalue weighted by Gasteiger charge is 2.22. The Kier molecular flexibility index (Phi) is 6.10. The van der Waals surface area contributed by atoms with Gasteiger partial charge >= 0.3 is 0 Å². The molecule has 1 amide bonds. The minimum Gasteiger partial charge on any atom is -0.385 e. The van der Waals surface area contributed by atoms with E-state index >= 15 is 0 Å². The molecule has 0 unspecified atom stereocenters. The molecule has 7 nitrogen and oxygen atoms in total. The largest absolute Gasteiger partial charge is 0.385 e. The van der Waals surface area contributed by atoms with Crippen LogP contribution in [0, 0.1) is 0 Å². The molecule has 0 aliphatic heterocycles. The van der Waals surface area contributed by atoms with Gasteiger partial charge in [0.15, 0.2) is 0 Å². The number of hydrogen-bond donors (Lipinski definition) is 1.